The number of halogens is 1. The van der Waals surface area contributed by atoms with Crippen molar-refractivity contribution >= 4 is 11.6 Å². The summed E-state index contributed by atoms with van der Waals surface area (Å²) < 4.78 is 0. The van der Waals surface area contributed by atoms with E-state index in [1.165, 1.54) is 0 Å². The summed E-state index contributed by atoms with van der Waals surface area (Å²) in [5.74, 6) is 0.338. The minimum Gasteiger partial charge on any atom is -0.508 e. The van der Waals surface area contributed by atoms with Gasteiger partial charge in [0.25, 0.3) is 0 Å². The first kappa shape index (κ1) is 17.2. The van der Waals surface area contributed by atoms with Crippen LogP contribution in [-0.2, 0) is 4.87 Å². The summed E-state index contributed by atoms with van der Waals surface area (Å²) in [4.78, 5) is -0.804. The third kappa shape index (κ3) is 3.57. The largest absolute Gasteiger partial charge is 0.508 e. The van der Waals surface area contributed by atoms with Gasteiger partial charge in [-0.15, -0.1) is 11.6 Å². The molecule has 0 aliphatic heterocycles. The molecule has 0 saturated carbocycles. The molecule has 0 amide bonds. The zero-order valence-electron chi connectivity index (χ0n) is 13.7. The van der Waals surface area contributed by atoms with E-state index in [-0.39, 0.29) is 23.2 Å². The normalized spacial score (nSPS) is 13.6. The zero-order chi connectivity index (χ0) is 18.0. The topological polar surface area (TPSA) is 60.7 Å². The highest BCUT2D eigenvalue weighted by Gasteiger charge is 2.36. The van der Waals surface area contributed by atoms with E-state index in [2.05, 4.69) is 0 Å². The fraction of sp³-hybridized carbons (Fsp3) is 0.143. The lowest BCUT2D eigenvalue weighted by Gasteiger charge is -2.34. The first-order valence-corrected chi connectivity index (χ1v) is 8.32. The van der Waals surface area contributed by atoms with Crippen molar-refractivity contribution in [1.82, 2.24) is 0 Å². The molecule has 128 valence electrons. The zero-order valence-corrected chi connectivity index (χ0v) is 14.5. The molecule has 0 aliphatic rings. The molecule has 0 bridgehead atoms. The molecule has 0 saturated heterocycles. The Balaban J connectivity index is 2.14. The van der Waals surface area contributed by atoms with Crippen molar-refractivity contribution < 1.29 is 15.3 Å². The van der Waals surface area contributed by atoms with Gasteiger partial charge in [-0.3, -0.25) is 0 Å². The number of hydrogen-bond acceptors (Lipinski definition) is 3. The number of phenolic OH excluding ortho intramolecular Hbond substituents is 3. The van der Waals surface area contributed by atoms with E-state index < -0.39 is 4.87 Å². The minimum absolute atomic E-state index is 0.182. The number of phenols is 3. The first-order valence-electron chi connectivity index (χ1n) is 7.94. The molecule has 3 nitrogen and oxygen atoms in total. The molecule has 0 heterocycles. The lowest BCUT2D eigenvalue weighted by molar-refractivity contribution is 0.472. The van der Waals surface area contributed by atoms with Crippen LogP contribution >= 0.6 is 11.6 Å². The van der Waals surface area contributed by atoms with Crippen LogP contribution in [0.15, 0.2) is 72.8 Å². The van der Waals surface area contributed by atoms with Gasteiger partial charge in [0.15, 0.2) is 0 Å². The maximum atomic E-state index is 9.60. The summed E-state index contributed by atoms with van der Waals surface area (Å²) in [5.41, 5.74) is 2.74. The van der Waals surface area contributed by atoms with Gasteiger partial charge >= 0.3 is 0 Å². The molecular weight excluding hydrogens is 336 g/mol. The lowest BCUT2D eigenvalue weighted by atomic mass is 9.77. The first-order chi connectivity index (χ1) is 11.9. The average molecular weight is 355 g/mol. The molecule has 3 rings (SSSR count). The number of alkyl halides is 1. The van der Waals surface area contributed by atoms with E-state index in [4.69, 9.17) is 11.6 Å². The number of rotatable bonds is 4. The van der Waals surface area contributed by atoms with E-state index >= 15 is 0 Å². The van der Waals surface area contributed by atoms with E-state index in [1.54, 1.807) is 48.5 Å². The molecular formula is C21H19ClO3. The number of aromatic hydroxyl groups is 3. The van der Waals surface area contributed by atoms with Crippen LogP contribution in [0.25, 0.3) is 0 Å². The highest BCUT2D eigenvalue weighted by atomic mass is 35.5. The Morgan fingerprint density at radius 1 is 0.640 bits per heavy atom. The van der Waals surface area contributed by atoms with Gasteiger partial charge in [0.05, 0.1) is 4.87 Å². The maximum absolute atomic E-state index is 9.60. The average Bonchev–Trinajstić information content (AvgIpc) is 2.59. The SMILES string of the molecule is CC(Cl)(c1ccc(O)cc1)C(c1ccc(O)cc1)c1ccc(O)cc1. The van der Waals surface area contributed by atoms with Crippen LogP contribution in [0, 0.1) is 0 Å². The fourth-order valence-electron chi connectivity index (χ4n) is 3.11. The van der Waals surface area contributed by atoms with Crippen LogP contribution in [0.2, 0.25) is 0 Å². The van der Waals surface area contributed by atoms with Gasteiger partial charge in [0.1, 0.15) is 17.2 Å². The maximum Gasteiger partial charge on any atom is 0.115 e. The second-order valence-electron chi connectivity index (χ2n) is 6.24. The molecule has 3 aromatic rings. The quantitative estimate of drug-likeness (QED) is 0.572. The Hall–Kier alpha value is -2.65. The Morgan fingerprint density at radius 3 is 1.32 bits per heavy atom. The van der Waals surface area contributed by atoms with Gasteiger partial charge in [0.2, 0.25) is 0 Å². The van der Waals surface area contributed by atoms with Crippen LogP contribution < -0.4 is 0 Å². The van der Waals surface area contributed by atoms with Crippen molar-refractivity contribution in [2.24, 2.45) is 0 Å². The van der Waals surface area contributed by atoms with E-state index in [0.29, 0.717) is 0 Å². The Morgan fingerprint density at radius 2 is 0.960 bits per heavy atom. The molecule has 0 aromatic heterocycles. The van der Waals surface area contributed by atoms with Gasteiger partial charge < -0.3 is 15.3 Å². The molecule has 4 heteroatoms. The summed E-state index contributed by atoms with van der Waals surface area (Å²) in [5, 5.41) is 28.8. The molecule has 25 heavy (non-hydrogen) atoms. The Labute approximate surface area is 151 Å². The molecule has 0 radical (unpaired) electrons. The molecule has 0 spiro atoms. The minimum atomic E-state index is -0.804. The van der Waals surface area contributed by atoms with Gasteiger partial charge in [-0.2, -0.15) is 0 Å². The predicted octanol–water partition coefficient (Wildman–Crippen LogP) is 5.09. The van der Waals surface area contributed by atoms with Crippen LogP contribution in [-0.4, -0.2) is 15.3 Å². The summed E-state index contributed by atoms with van der Waals surface area (Å²) in [6.07, 6.45) is 0. The molecule has 3 N–H and O–H groups in total. The molecule has 0 fully saturated rings. The summed E-state index contributed by atoms with van der Waals surface area (Å²) in [7, 11) is 0. The standard InChI is InChI=1S/C21H19ClO3/c1-21(22,16-6-12-19(25)13-7-16)20(14-2-8-17(23)9-3-14)15-4-10-18(24)11-5-15/h2-13,20,23-25H,1H3. The third-order valence-electron chi connectivity index (χ3n) is 4.43. The predicted molar refractivity (Wildman–Crippen MR) is 99.4 cm³/mol. The van der Waals surface area contributed by atoms with Crippen molar-refractivity contribution in [1.29, 1.82) is 0 Å². The van der Waals surface area contributed by atoms with E-state index in [9.17, 15) is 15.3 Å². The molecule has 3 aromatic carbocycles. The van der Waals surface area contributed by atoms with E-state index in [1.807, 2.05) is 31.2 Å². The Bertz CT molecular complexity index is 792. The summed E-state index contributed by atoms with van der Waals surface area (Å²) in [6, 6.07) is 20.7. The second-order valence-corrected chi connectivity index (χ2v) is 7.02. The summed E-state index contributed by atoms with van der Waals surface area (Å²) >= 11 is 7.02. The van der Waals surface area contributed by atoms with Gasteiger partial charge in [-0.05, 0) is 60.0 Å². The van der Waals surface area contributed by atoms with Gasteiger partial charge in [-0.25, -0.2) is 0 Å². The summed E-state index contributed by atoms with van der Waals surface area (Å²) in [6.45, 7) is 1.92. The third-order valence-corrected chi connectivity index (χ3v) is 4.86. The number of benzene rings is 3. The lowest BCUT2D eigenvalue weighted by Crippen LogP contribution is -2.25. The van der Waals surface area contributed by atoms with Gasteiger partial charge in [0, 0.05) is 5.92 Å². The molecule has 0 aliphatic carbocycles. The second kappa shape index (κ2) is 6.69. The van der Waals surface area contributed by atoms with Crippen LogP contribution in [0.3, 0.4) is 0 Å². The highest BCUT2D eigenvalue weighted by Crippen LogP contribution is 2.47. The molecule has 1 atom stereocenters. The van der Waals surface area contributed by atoms with Crippen LogP contribution in [0.4, 0.5) is 0 Å². The van der Waals surface area contributed by atoms with Gasteiger partial charge in [-0.1, -0.05) is 36.4 Å². The van der Waals surface area contributed by atoms with Crippen molar-refractivity contribution in [3.8, 4) is 17.2 Å². The smallest absolute Gasteiger partial charge is 0.115 e. The monoisotopic (exact) mass is 354 g/mol. The van der Waals surface area contributed by atoms with Crippen molar-refractivity contribution in [3.05, 3.63) is 89.5 Å². The van der Waals surface area contributed by atoms with Crippen LogP contribution in [0.5, 0.6) is 17.2 Å². The molecule has 1 unspecified atom stereocenters. The fourth-order valence-corrected chi connectivity index (χ4v) is 3.48. The highest BCUT2D eigenvalue weighted by molar-refractivity contribution is 6.24. The van der Waals surface area contributed by atoms with Crippen LogP contribution in [0.1, 0.15) is 29.5 Å². The van der Waals surface area contributed by atoms with E-state index in [0.717, 1.165) is 16.7 Å². The van der Waals surface area contributed by atoms with Crippen molar-refractivity contribution in [3.63, 3.8) is 0 Å². The Kier molecular flexibility index (Phi) is 4.60. The number of hydrogen-bond donors (Lipinski definition) is 3. The van der Waals surface area contributed by atoms with Crippen molar-refractivity contribution in [2.75, 3.05) is 0 Å². The van der Waals surface area contributed by atoms with Crippen molar-refractivity contribution in [2.45, 2.75) is 17.7 Å².